The number of dihydropyridines is 1. The third-order valence-electron chi connectivity index (χ3n) is 3.69. The van der Waals surface area contributed by atoms with Gasteiger partial charge in [0.05, 0.1) is 13.3 Å². The molecule has 1 aromatic carbocycles. The molecular weight excluding hydrogens is 373 g/mol. The van der Waals surface area contributed by atoms with Crippen LogP contribution in [0.15, 0.2) is 47.2 Å². The monoisotopic (exact) mass is 389 g/mol. The second-order valence-electron chi connectivity index (χ2n) is 5.60. The quantitative estimate of drug-likeness (QED) is 0.751. The molecule has 134 valence electrons. The number of aromatic nitrogens is 2. The number of benzene rings is 1. The lowest BCUT2D eigenvalue weighted by Crippen LogP contribution is -2.10. The first-order valence-corrected chi connectivity index (χ1v) is 8.59. The van der Waals surface area contributed by atoms with Crippen molar-refractivity contribution in [3.05, 3.63) is 58.1 Å². The molecule has 6 nitrogen and oxygen atoms in total. The van der Waals surface area contributed by atoms with Gasteiger partial charge in [-0.05, 0) is 29.8 Å². The molecule has 1 unspecified atom stereocenters. The first-order chi connectivity index (χ1) is 12.5. The highest BCUT2D eigenvalue weighted by molar-refractivity contribution is 6.33. The highest BCUT2D eigenvalue weighted by Gasteiger charge is 2.09. The number of nitrogens with two attached hydrogens (primary N) is 1. The molecule has 0 radical (unpaired) electrons. The highest BCUT2D eigenvalue weighted by Crippen LogP contribution is 2.29. The number of ether oxygens (including phenoxy) is 1. The molecule has 0 bridgehead atoms. The first-order valence-electron chi connectivity index (χ1n) is 7.83. The lowest BCUT2D eigenvalue weighted by atomic mass is 10.0. The van der Waals surface area contributed by atoms with Crippen LogP contribution in [0.1, 0.15) is 5.56 Å². The van der Waals surface area contributed by atoms with Gasteiger partial charge in [0.25, 0.3) is 0 Å². The molecule has 3 N–H and O–H groups in total. The average molecular weight is 390 g/mol. The summed E-state index contributed by atoms with van der Waals surface area (Å²) in [6, 6.07) is 5.66. The van der Waals surface area contributed by atoms with Crippen LogP contribution < -0.4 is 15.8 Å². The topological polar surface area (TPSA) is 85.4 Å². The average Bonchev–Trinajstić information content (AvgIpc) is 2.63. The summed E-state index contributed by atoms with van der Waals surface area (Å²) in [5.74, 6) is 1.33. The molecule has 1 aliphatic rings. The fourth-order valence-corrected chi connectivity index (χ4v) is 2.75. The summed E-state index contributed by atoms with van der Waals surface area (Å²) >= 11 is 11.9. The van der Waals surface area contributed by atoms with Crippen molar-refractivity contribution in [1.29, 1.82) is 0 Å². The van der Waals surface area contributed by atoms with Crippen molar-refractivity contribution in [3.63, 3.8) is 0 Å². The number of hydrogen-bond donors (Lipinski definition) is 2. The second-order valence-corrected chi connectivity index (χ2v) is 6.35. The molecule has 0 saturated carbocycles. The third-order valence-corrected chi connectivity index (χ3v) is 4.15. The Labute approximate surface area is 161 Å². The molecule has 2 heterocycles. The Kier molecular flexibility index (Phi) is 5.75. The zero-order valence-electron chi connectivity index (χ0n) is 14.0. The molecule has 3 rings (SSSR count). The van der Waals surface area contributed by atoms with Crippen LogP contribution in [0, 0.1) is 5.92 Å². The summed E-state index contributed by atoms with van der Waals surface area (Å²) in [4.78, 5) is 12.2. The molecule has 1 atom stereocenters. The predicted molar refractivity (Wildman–Crippen MR) is 106 cm³/mol. The van der Waals surface area contributed by atoms with Crippen molar-refractivity contribution in [3.8, 4) is 5.75 Å². The fraction of sp³-hybridized carbons (Fsp3) is 0.167. The number of aliphatic imine (C=N–C) groups is 1. The van der Waals surface area contributed by atoms with Gasteiger partial charge in [0, 0.05) is 35.6 Å². The van der Waals surface area contributed by atoms with Gasteiger partial charge < -0.3 is 15.8 Å². The van der Waals surface area contributed by atoms with Gasteiger partial charge in [-0.15, -0.1) is 0 Å². The van der Waals surface area contributed by atoms with Gasteiger partial charge in [-0.1, -0.05) is 29.8 Å². The van der Waals surface area contributed by atoms with Crippen molar-refractivity contribution >= 4 is 47.0 Å². The van der Waals surface area contributed by atoms with Crippen molar-refractivity contribution < 1.29 is 4.74 Å². The van der Waals surface area contributed by atoms with Crippen molar-refractivity contribution in [2.45, 2.75) is 0 Å². The molecule has 0 amide bonds. The van der Waals surface area contributed by atoms with Gasteiger partial charge in [0.1, 0.15) is 10.8 Å². The van der Waals surface area contributed by atoms with E-state index in [9.17, 15) is 0 Å². The van der Waals surface area contributed by atoms with Crippen LogP contribution in [0.5, 0.6) is 5.75 Å². The van der Waals surface area contributed by atoms with E-state index in [-0.39, 0.29) is 11.2 Å². The largest absolute Gasteiger partial charge is 0.496 e. The van der Waals surface area contributed by atoms with E-state index in [1.165, 1.54) is 6.20 Å². The molecule has 2 aromatic rings. The van der Waals surface area contributed by atoms with E-state index in [1.54, 1.807) is 13.3 Å². The van der Waals surface area contributed by atoms with Crippen molar-refractivity contribution in [1.82, 2.24) is 9.97 Å². The van der Waals surface area contributed by atoms with Gasteiger partial charge in [0.15, 0.2) is 5.82 Å². The molecule has 1 aromatic heterocycles. The van der Waals surface area contributed by atoms with Gasteiger partial charge in [-0.25, -0.2) is 4.98 Å². The standard InChI is InChI=1S/C18H17Cl2N5O/c1-26-16-5-4-14(24-17-15(19)10-23-18(20)25-17)7-12(16)3-2-11-6-13(21)9-22-8-11/h2-7,9-11H,8,21H2,1H3,(H,23,24,25)/b3-2-. The Morgan fingerprint density at radius 3 is 2.96 bits per heavy atom. The van der Waals surface area contributed by atoms with Crippen LogP contribution in [0.2, 0.25) is 10.3 Å². The van der Waals surface area contributed by atoms with E-state index in [1.807, 2.05) is 36.4 Å². The molecule has 1 aliphatic heterocycles. The number of nitrogens with zero attached hydrogens (tertiary/aromatic N) is 3. The molecule has 0 saturated heterocycles. The van der Waals surface area contributed by atoms with Crippen LogP contribution in [0.25, 0.3) is 6.08 Å². The Balaban J connectivity index is 1.84. The smallest absolute Gasteiger partial charge is 0.224 e. The summed E-state index contributed by atoms with van der Waals surface area (Å²) in [6.45, 7) is 0.673. The zero-order chi connectivity index (χ0) is 18.5. The van der Waals surface area contributed by atoms with Crippen molar-refractivity contribution in [2.24, 2.45) is 16.6 Å². The van der Waals surface area contributed by atoms with Gasteiger partial charge in [-0.2, -0.15) is 4.98 Å². The summed E-state index contributed by atoms with van der Waals surface area (Å²) in [6.07, 6.45) is 9.12. The number of rotatable bonds is 5. The van der Waals surface area contributed by atoms with Crippen LogP contribution in [-0.2, 0) is 0 Å². The maximum atomic E-state index is 6.10. The molecule has 8 heteroatoms. The van der Waals surface area contributed by atoms with E-state index in [2.05, 4.69) is 20.3 Å². The third kappa shape index (κ3) is 4.53. The maximum absolute atomic E-state index is 6.10. The predicted octanol–water partition coefficient (Wildman–Crippen LogP) is 4.09. The van der Waals surface area contributed by atoms with E-state index >= 15 is 0 Å². The summed E-state index contributed by atoms with van der Waals surface area (Å²) in [5, 5.41) is 3.63. The van der Waals surface area contributed by atoms with Gasteiger partial charge in [-0.3, -0.25) is 4.99 Å². The Morgan fingerprint density at radius 2 is 2.19 bits per heavy atom. The molecule has 26 heavy (non-hydrogen) atoms. The SMILES string of the molecule is COc1ccc(Nc2nc(Cl)ncc2Cl)cc1/C=C\C1C=C(N)C=NC1. The van der Waals surface area contributed by atoms with Gasteiger partial charge >= 0.3 is 0 Å². The van der Waals surface area contributed by atoms with Crippen molar-refractivity contribution in [2.75, 3.05) is 19.0 Å². The minimum Gasteiger partial charge on any atom is -0.496 e. The Morgan fingerprint density at radius 1 is 1.35 bits per heavy atom. The molecule has 0 spiro atoms. The summed E-state index contributed by atoms with van der Waals surface area (Å²) in [5.41, 5.74) is 8.15. The Bertz CT molecular complexity index is 895. The van der Waals surface area contributed by atoms with Crippen LogP contribution in [-0.4, -0.2) is 29.8 Å². The lowest BCUT2D eigenvalue weighted by molar-refractivity contribution is 0.414. The van der Waals surface area contributed by atoms with Crippen LogP contribution in [0.3, 0.4) is 0 Å². The minimum absolute atomic E-state index is 0.118. The fourth-order valence-electron chi connectivity index (χ4n) is 2.48. The van der Waals surface area contributed by atoms with E-state index in [4.69, 9.17) is 33.7 Å². The number of anilines is 2. The van der Waals surface area contributed by atoms with Crippen LogP contribution in [0.4, 0.5) is 11.5 Å². The normalized spacial score (nSPS) is 16.6. The van der Waals surface area contributed by atoms with Gasteiger partial charge in [0.2, 0.25) is 5.28 Å². The first kappa shape index (κ1) is 18.2. The number of nitrogens with one attached hydrogen (secondary N) is 1. The maximum Gasteiger partial charge on any atom is 0.224 e. The van der Waals surface area contributed by atoms with E-state index in [0.29, 0.717) is 23.1 Å². The molecule has 0 aliphatic carbocycles. The van der Waals surface area contributed by atoms with E-state index < -0.39 is 0 Å². The molecule has 0 fully saturated rings. The molecular formula is C18H17Cl2N5O. The zero-order valence-corrected chi connectivity index (χ0v) is 15.5. The Hall–Kier alpha value is -2.57. The number of methoxy groups -OCH3 is 1. The minimum atomic E-state index is 0.118. The lowest BCUT2D eigenvalue weighted by Gasteiger charge is -2.12. The highest BCUT2D eigenvalue weighted by atomic mass is 35.5. The number of hydrogen-bond acceptors (Lipinski definition) is 6. The second kappa shape index (κ2) is 8.21. The summed E-state index contributed by atoms with van der Waals surface area (Å²) in [7, 11) is 1.63. The summed E-state index contributed by atoms with van der Waals surface area (Å²) < 4.78 is 5.43. The van der Waals surface area contributed by atoms with Crippen LogP contribution >= 0.6 is 23.2 Å². The number of halogens is 2. The van der Waals surface area contributed by atoms with E-state index in [0.717, 1.165) is 17.0 Å². The number of allylic oxidation sites excluding steroid dienone is 1.